The van der Waals surface area contributed by atoms with Crippen LogP contribution in [0.15, 0.2) is 35.0 Å². The monoisotopic (exact) mass is 315 g/mol. The van der Waals surface area contributed by atoms with Crippen molar-refractivity contribution in [3.05, 3.63) is 51.7 Å². The lowest BCUT2D eigenvalue weighted by atomic mass is 9.79. The number of thiophene rings is 1. The fourth-order valence-corrected chi connectivity index (χ4v) is 3.94. The molecule has 0 aliphatic carbocycles. The average Bonchev–Trinajstić information content (AvgIpc) is 3.08. The smallest absolute Gasteiger partial charge is 0.251 e. The van der Waals surface area contributed by atoms with Crippen LogP contribution in [0, 0.1) is 5.92 Å². The van der Waals surface area contributed by atoms with Gasteiger partial charge in [0.25, 0.3) is 5.91 Å². The van der Waals surface area contributed by atoms with Gasteiger partial charge in [-0.05, 0) is 52.6 Å². The molecule has 3 rings (SSSR count). The molecule has 2 heterocycles. The number of hydrogen-bond donors (Lipinski definition) is 3. The van der Waals surface area contributed by atoms with Crippen molar-refractivity contribution in [2.45, 2.75) is 25.4 Å². The first-order valence-electron chi connectivity index (χ1n) is 7.56. The molecular formula is C17H21N3OS. The van der Waals surface area contributed by atoms with Gasteiger partial charge in [-0.1, -0.05) is 6.92 Å². The van der Waals surface area contributed by atoms with Crippen molar-refractivity contribution in [1.29, 1.82) is 0 Å². The standard InChI is InChI=1S/C17H21N3OS/c1-3-12-15(18)13-8-10(17(21)19-2)4-5-14(13)20-16(12)11-6-7-22-9-11/h4-9,12,15-16,20H,3,18H2,1-2H3,(H,19,21)/t12-,15+,16?/m1/s1. The predicted molar refractivity (Wildman–Crippen MR) is 91.2 cm³/mol. The van der Waals surface area contributed by atoms with E-state index in [1.807, 2.05) is 18.2 Å². The molecule has 0 spiro atoms. The average molecular weight is 315 g/mol. The second kappa shape index (κ2) is 6.10. The normalized spacial score (nSPS) is 23.5. The Morgan fingerprint density at radius 1 is 1.41 bits per heavy atom. The highest BCUT2D eigenvalue weighted by Crippen LogP contribution is 2.44. The number of amides is 1. The van der Waals surface area contributed by atoms with Gasteiger partial charge in [0.15, 0.2) is 0 Å². The second-order valence-corrected chi connectivity index (χ2v) is 6.44. The SMILES string of the molecule is CC[C@H]1C(c2ccsc2)Nc2ccc(C(=O)NC)cc2[C@H]1N. The molecule has 2 aromatic rings. The van der Waals surface area contributed by atoms with Crippen LogP contribution in [0.25, 0.3) is 0 Å². The first-order valence-corrected chi connectivity index (χ1v) is 8.50. The van der Waals surface area contributed by atoms with Crippen LogP contribution in [-0.2, 0) is 0 Å². The summed E-state index contributed by atoms with van der Waals surface area (Å²) >= 11 is 1.70. The van der Waals surface area contributed by atoms with Gasteiger partial charge in [0.05, 0.1) is 6.04 Å². The Labute approximate surface area is 134 Å². The molecule has 0 saturated heterocycles. The van der Waals surface area contributed by atoms with Gasteiger partial charge in [0, 0.05) is 30.3 Å². The number of rotatable bonds is 3. The molecule has 0 bridgehead atoms. The van der Waals surface area contributed by atoms with E-state index in [1.165, 1.54) is 5.56 Å². The summed E-state index contributed by atoms with van der Waals surface area (Å²) in [5.74, 6) is 0.227. The molecule has 22 heavy (non-hydrogen) atoms. The van der Waals surface area contributed by atoms with Crippen LogP contribution in [0.3, 0.4) is 0 Å². The molecule has 4 nitrogen and oxygen atoms in total. The third kappa shape index (κ3) is 2.51. The summed E-state index contributed by atoms with van der Waals surface area (Å²) in [5, 5.41) is 10.5. The van der Waals surface area contributed by atoms with Crippen molar-refractivity contribution in [1.82, 2.24) is 5.32 Å². The van der Waals surface area contributed by atoms with Crippen molar-refractivity contribution >= 4 is 22.9 Å². The van der Waals surface area contributed by atoms with E-state index < -0.39 is 0 Å². The number of fused-ring (bicyclic) bond motifs is 1. The Kier molecular flexibility index (Phi) is 4.18. The molecule has 0 radical (unpaired) electrons. The molecule has 3 atom stereocenters. The molecule has 1 unspecified atom stereocenters. The van der Waals surface area contributed by atoms with Gasteiger partial charge >= 0.3 is 0 Å². The fourth-order valence-electron chi connectivity index (χ4n) is 3.24. The number of nitrogens with two attached hydrogens (primary N) is 1. The number of nitrogens with one attached hydrogen (secondary N) is 2. The molecule has 4 N–H and O–H groups in total. The first kappa shape index (κ1) is 15.1. The van der Waals surface area contributed by atoms with Gasteiger partial charge < -0.3 is 16.4 Å². The number of carbonyl (C=O) groups is 1. The van der Waals surface area contributed by atoms with Gasteiger partial charge in [0.2, 0.25) is 0 Å². The van der Waals surface area contributed by atoms with E-state index >= 15 is 0 Å². The Morgan fingerprint density at radius 2 is 2.23 bits per heavy atom. The zero-order valence-corrected chi connectivity index (χ0v) is 13.6. The van der Waals surface area contributed by atoms with Gasteiger partial charge in [-0.25, -0.2) is 0 Å². The highest BCUT2D eigenvalue weighted by atomic mass is 32.1. The highest BCUT2D eigenvalue weighted by molar-refractivity contribution is 7.08. The van der Waals surface area contributed by atoms with Crippen LogP contribution >= 0.6 is 11.3 Å². The Bertz CT molecular complexity index is 669. The summed E-state index contributed by atoms with van der Waals surface area (Å²) < 4.78 is 0. The van der Waals surface area contributed by atoms with Crippen LogP contribution in [0.5, 0.6) is 0 Å². The Morgan fingerprint density at radius 3 is 2.86 bits per heavy atom. The molecule has 0 fully saturated rings. The summed E-state index contributed by atoms with van der Waals surface area (Å²) in [6, 6.07) is 8.03. The van der Waals surface area contributed by atoms with Gasteiger partial charge in [-0.2, -0.15) is 11.3 Å². The molecule has 1 amide bonds. The first-order chi connectivity index (χ1) is 10.7. The second-order valence-electron chi connectivity index (χ2n) is 5.66. The molecule has 1 aromatic heterocycles. The number of anilines is 1. The zero-order chi connectivity index (χ0) is 15.7. The van der Waals surface area contributed by atoms with Crippen molar-refractivity contribution in [2.24, 2.45) is 11.7 Å². The van der Waals surface area contributed by atoms with E-state index in [0.717, 1.165) is 17.7 Å². The molecule has 0 saturated carbocycles. The van der Waals surface area contributed by atoms with E-state index in [1.54, 1.807) is 18.4 Å². The van der Waals surface area contributed by atoms with Crippen LogP contribution in [-0.4, -0.2) is 13.0 Å². The van der Waals surface area contributed by atoms with E-state index in [9.17, 15) is 4.79 Å². The maximum atomic E-state index is 11.8. The van der Waals surface area contributed by atoms with Gasteiger partial charge in [0.1, 0.15) is 0 Å². The lowest BCUT2D eigenvalue weighted by molar-refractivity contribution is 0.0963. The molecule has 116 valence electrons. The van der Waals surface area contributed by atoms with E-state index in [2.05, 4.69) is 34.4 Å². The minimum Gasteiger partial charge on any atom is -0.378 e. The van der Waals surface area contributed by atoms with E-state index in [0.29, 0.717) is 11.5 Å². The summed E-state index contributed by atoms with van der Waals surface area (Å²) in [6.07, 6.45) is 0.984. The molecule has 1 aromatic carbocycles. The number of carbonyl (C=O) groups excluding carboxylic acids is 1. The topological polar surface area (TPSA) is 67.2 Å². The van der Waals surface area contributed by atoms with Crippen LogP contribution in [0.2, 0.25) is 0 Å². The van der Waals surface area contributed by atoms with Crippen molar-refractivity contribution in [2.75, 3.05) is 12.4 Å². The molecule has 1 aliphatic rings. The summed E-state index contributed by atoms with van der Waals surface area (Å²) in [7, 11) is 1.64. The van der Waals surface area contributed by atoms with E-state index in [-0.39, 0.29) is 18.0 Å². The summed E-state index contributed by atoms with van der Waals surface area (Å²) in [5.41, 5.74) is 10.5. The van der Waals surface area contributed by atoms with Crippen LogP contribution in [0.1, 0.15) is 46.9 Å². The maximum absolute atomic E-state index is 11.8. The molecular weight excluding hydrogens is 294 g/mol. The Balaban J connectivity index is 2.00. The third-order valence-corrected chi connectivity index (χ3v) is 5.18. The number of hydrogen-bond acceptors (Lipinski definition) is 4. The largest absolute Gasteiger partial charge is 0.378 e. The van der Waals surface area contributed by atoms with Crippen molar-refractivity contribution in [3.8, 4) is 0 Å². The maximum Gasteiger partial charge on any atom is 0.251 e. The fraction of sp³-hybridized carbons (Fsp3) is 0.353. The quantitative estimate of drug-likeness (QED) is 0.814. The zero-order valence-electron chi connectivity index (χ0n) is 12.8. The van der Waals surface area contributed by atoms with Crippen LogP contribution in [0.4, 0.5) is 5.69 Å². The lowest BCUT2D eigenvalue weighted by Gasteiger charge is -2.38. The van der Waals surface area contributed by atoms with Crippen molar-refractivity contribution < 1.29 is 4.79 Å². The summed E-state index contributed by atoms with van der Waals surface area (Å²) in [6.45, 7) is 2.17. The number of benzene rings is 1. The third-order valence-electron chi connectivity index (χ3n) is 4.47. The molecule has 1 aliphatic heterocycles. The van der Waals surface area contributed by atoms with E-state index in [4.69, 9.17) is 5.73 Å². The predicted octanol–water partition coefficient (Wildman–Crippen LogP) is 3.30. The van der Waals surface area contributed by atoms with Crippen LogP contribution < -0.4 is 16.4 Å². The summed E-state index contributed by atoms with van der Waals surface area (Å²) in [4.78, 5) is 11.8. The minimum atomic E-state index is -0.0805. The van der Waals surface area contributed by atoms with Gasteiger partial charge in [-0.15, -0.1) is 0 Å². The van der Waals surface area contributed by atoms with Crippen molar-refractivity contribution in [3.63, 3.8) is 0 Å². The lowest BCUT2D eigenvalue weighted by Crippen LogP contribution is -2.35. The highest BCUT2D eigenvalue weighted by Gasteiger charge is 2.34. The van der Waals surface area contributed by atoms with Gasteiger partial charge in [-0.3, -0.25) is 4.79 Å². The molecule has 5 heteroatoms. The minimum absolute atomic E-state index is 0.0734. The Hall–Kier alpha value is -1.85.